The van der Waals surface area contributed by atoms with Gasteiger partial charge in [-0.05, 0) is 24.1 Å². The molecule has 2 N–H and O–H groups in total. The van der Waals surface area contributed by atoms with Crippen molar-refractivity contribution in [3.63, 3.8) is 0 Å². The van der Waals surface area contributed by atoms with Crippen molar-refractivity contribution in [3.8, 4) is 17.1 Å². The van der Waals surface area contributed by atoms with Crippen LogP contribution in [0.15, 0.2) is 67.1 Å². The second-order valence-electron chi connectivity index (χ2n) is 6.88. The fourth-order valence-corrected chi connectivity index (χ4v) is 3.41. The molecule has 0 spiro atoms. The minimum atomic E-state index is -0.478. The Kier molecular flexibility index (Phi) is 6.03. The molecule has 0 bridgehead atoms. The number of nitrogens with one attached hydrogen (secondary N) is 2. The highest BCUT2D eigenvalue weighted by molar-refractivity contribution is 5.97. The maximum atomic E-state index is 13.1. The van der Waals surface area contributed by atoms with Gasteiger partial charge in [0.15, 0.2) is 11.6 Å². The molecular formula is C24H21FN4O2. The third-order valence-corrected chi connectivity index (χ3v) is 4.92. The fraction of sp³-hybridized carbons (Fsp3) is 0.125. The summed E-state index contributed by atoms with van der Waals surface area (Å²) in [5, 5.41) is 3.87. The summed E-state index contributed by atoms with van der Waals surface area (Å²) in [7, 11) is 1.62. The Bertz CT molecular complexity index is 1230. The summed E-state index contributed by atoms with van der Waals surface area (Å²) in [5.41, 5.74) is 3.59. The van der Waals surface area contributed by atoms with E-state index in [2.05, 4.69) is 20.3 Å². The summed E-state index contributed by atoms with van der Waals surface area (Å²) in [6.45, 7) is 0.448. The number of fused-ring (bicyclic) bond motifs is 1. The third-order valence-electron chi connectivity index (χ3n) is 4.92. The van der Waals surface area contributed by atoms with Gasteiger partial charge in [0, 0.05) is 35.3 Å². The van der Waals surface area contributed by atoms with Crippen LogP contribution in [0.1, 0.15) is 11.1 Å². The van der Waals surface area contributed by atoms with E-state index in [9.17, 15) is 9.18 Å². The second-order valence-corrected chi connectivity index (χ2v) is 6.88. The van der Waals surface area contributed by atoms with E-state index in [1.165, 1.54) is 6.08 Å². The zero-order valence-corrected chi connectivity index (χ0v) is 16.9. The predicted octanol–water partition coefficient (Wildman–Crippen LogP) is 4.14. The lowest BCUT2D eigenvalue weighted by Crippen LogP contribution is -2.23. The van der Waals surface area contributed by atoms with Crippen LogP contribution in [0, 0.1) is 5.82 Å². The highest BCUT2D eigenvalue weighted by Crippen LogP contribution is 2.27. The zero-order valence-electron chi connectivity index (χ0n) is 16.9. The van der Waals surface area contributed by atoms with E-state index in [1.54, 1.807) is 13.2 Å². The number of aromatic nitrogens is 3. The summed E-state index contributed by atoms with van der Waals surface area (Å²) in [5.74, 6) is 0.546. The lowest BCUT2D eigenvalue weighted by Gasteiger charge is -2.08. The molecule has 0 saturated heterocycles. The van der Waals surface area contributed by atoms with Gasteiger partial charge in [-0.1, -0.05) is 36.4 Å². The highest BCUT2D eigenvalue weighted by Gasteiger charge is 2.09. The lowest BCUT2D eigenvalue weighted by atomic mass is 10.0. The SMILES string of the molecule is COc1cccc2c(/C=C/C(=O)NCCc3ccccc3-c3ncc(F)cn3)c[nH]c12. The largest absolute Gasteiger partial charge is 0.495 e. The number of hydrogen-bond acceptors (Lipinski definition) is 4. The van der Waals surface area contributed by atoms with Gasteiger partial charge in [-0.15, -0.1) is 0 Å². The molecule has 1 amide bonds. The number of halogens is 1. The van der Waals surface area contributed by atoms with E-state index in [0.29, 0.717) is 18.8 Å². The van der Waals surface area contributed by atoms with Crippen LogP contribution in [0.25, 0.3) is 28.4 Å². The number of benzene rings is 2. The van der Waals surface area contributed by atoms with E-state index >= 15 is 0 Å². The lowest BCUT2D eigenvalue weighted by molar-refractivity contribution is -0.116. The Labute approximate surface area is 178 Å². The van der Waals surface area contributed by atoms with Gasteiger partial charge in [0.1, 0.15) is 5.75 Å². The normalized spacial score (nSPS) is 11.2. The molecule has 0 aliphatic rings. The number of amides is 1. The standard InChI is InChI=1S/C24H21FN4O2/c1-31-21-8-4-7-19-17(13-27-23(19)21)9-10-22(30)26-12-11-16-5-2-3-6-20(16)24-28-14-18(25)15-29-24/h2-10,13-15,27H,11-12H2,1H3,(H,26,30)/b10-9+. The van der Waals surface area contributed by atoms with Gasteiger partial charge in [-0.3, -0.25) is 4.79 Å². The van der Waals surface area contributed by atoms with Crippen LogP contribution < -0.4 is 10.1 Å². The number of ether oxygens (including phenoxy) is 1. The van der Waals surface area contributed by atoms with Crippen LogP contribution in [0.3, 0.4) is 0 Å². The van der Waals surface area contributed by atoms with Crippen molar-refractivity contribution in [2.45, 2.75) is 6.42 Å². The molecule has 0 unspecified atom stereocenters. The molecule has 156 valence electrons. The van der Waals surface area contributed by atoms with Crippen LogP contribution in [0.5, 0.6) is 5.75 Å². The van der Waals surface area contributed by atoms with E-state index in [4.69, 9.17) is 4.74 Å². The number of rotatable bonds is 7. The minimum Gasteiger partial charge on any atom is -0.495 e. The van der Waals surface area contributed by atoms with Crippen molar-refractivity contribution in [1.29, 1.82) is 0 Å². The van der Waals surface area contributed by atoms with Gasteiger partial charge in [0.25, 0.3) is 0 Å². The average Bonchev–Trinajstić information content (AvgIpc) is 3.22. The van der Waals surface area contributed by atoms with Crippen molar-refractivity contribution in [2.75, 3.05) is 13.7 Å². The molecular weight excluding hydrogens is 395 g/mol. The number of nitrogens with zero attached hydrogens (tertiary/aromatic N) is 2. The van der Waals surface area contributed by atoms with Crippen molar-refractivity contribution < 1.29 is 13.9 Å². The fourth-order valence-electron chi connectivity index (χ4n) is 3.41. The molecule has 0 fully saturated rings. The molecule has 0 atom stereocenters. The van der Waals surface area contributed by atoms with Crippen LogP contribution in [-0.2, 0) is 11.2 Å². The average molecular weight is 416 g/mol. The molecule has 4 aromatic rings. The van der Waals surface area contributed by atoms with Crippen molar-refractivity contribution in [2.24, 2.45) is 0 Å². The van der Waals surface area contributed by atoms with Gasteiger partial charge < -0.3 is 15.0 Å². The molecule has 2 aromatic carbocycles. The summed E-state index contributed by atoms with van der Waals surface area (Å²) in [6.07, 6.45) is 8.01. The molecule has 0 aliphatic carbocycles. The maximum Gasteiger partial charge on any atom is 0.244 e. The summed E-state index contributed by atoms with van der Waals surface area (Å²) in [4.78, 5) is 23.6. The first-order valence-corrected chi connectivity index (χ1v) is 9.81. The molecule has 31 heavy (non-hydrogen) atoms. The summed E-state index contributed by atoms with van der Waals surface area (Å²) in [6, 6.07) is 13.4. The molecule has 0 radical (unpaired) electrons. The number of methoxy groups -OCH3 is 1. The Balaban J connectivity index is 1.39. The summed E-state index contributed by atoms with van der Waals surface area (Å²) >= 11 is 0. The van der Waals surface area contributed by atoms with Crippen LogP contribution in [-0.4, -0.2) is 34.5 Å². The zero-order chi connectivity index (χ0) is 21.6. The topological polar surface area (TPSA) is 79.9 Å². The molecule has 4 rings (SSSR count). The quantitative estimate of drug-likeness (QED) is 0.444. The molecule has 2 aromatic heterocycles. The van der Waals surface area contributed by atoms with Crippen LogP contribution >= 0.6 is 0 Å². The van der Waals surface area contributed by atoms with E-state index in [0.717, 1.165) is 45.7 Å². The van der Waals surface area contributed by atoms with Crippen molar-refractivity contribution in [3.05, 3.63) is 84.1 Å². The molecule has 0 aliphatic heterocycles. The maximum absolute atomic E-state index is 13.1. The van der Waals surface area contributed by atoms with Gasteiger partial charge in [0.05, 0.1) is 25.0 Å². The first-order chi connectivity index (χ1) is 15.2. The van der Waals surface area contributed by atoms with Crippen molar-refractivity contribution >= 4 is 22.9 Å². The summed E-state index contributed by atoms with van der Waals surface area (Å²) < 4.78 is 18.5. The molecule has 0 saturated carbocycles. The molecule has 6 nitrogen and oxygen atoms in total. The number of carbonyl (C=O) groups excluding carboxylic acids is 1. The highest BCUT2D eigenvalue weighted by atomic mass is 19.1. The van der Waals surface area contributed by atoms with E-state index < -0.39 is 5.82 Å². The predicted molar refractivity (Wildman–Crippen MR) is 118 cm³/mol. The monoisotopic (exact) mass is 416 g/mol. The molecule has 7 heteroatoms. The first kappa shape index (κ1) is 20.3. The number of H-pyrrole nitrogens is 1. The minimum absolute atomic E-state index is 0.187. The van der Waals surface area contributed by atoms with Gasteiger partial charge in [0.2, 0.25) is 5.91 Å². The smallest absolute Gasteiger partial charge is 0.244 e. The van der Waals surface area contributed by atoms with Crippen molar-refractivity contribution in [1.82, 2.24) is 20.3 Å². The second kappa shape index (κ2) is 9.21. The first-order valence-electron chi connectivity index (χ1n) is 9.81. The Morgan fingerprint density at radius 1 is 1.16 bits per heavy atom. The Morgan fingerprint density at radius 3 is 2.77 bits per heavy atom. The Hall–Kier alpha value is -4.00. The number of aromatic amines is 1. The van der Waals surface area contributed by atoms with Gasteiger partial charge >= 0.3 is 0 Å². The molecule has 2 heterocycles. The third kappa shape index (κ3) is 4.61. The van der Waals surface area contributed by atoms with Gasteiger partial charge in [-0.2, -0.15) is 0 Å². The number of carbonyl (C=O) groups is 1. The number of para-hydroxylation sites is 1. The van der Waals surface area contributed by atoms with Crippen LogP contribution in [0.2, 0.25) is 0 Å². The number of hydrogen-bond donors (Lipinski definition) is 2. The van der Waals surface area contributed by atoms with Crippen LogP contribution in [0.4, 0.5) is 4.39 Å². The van der Waals surface area contributed by atoms with E-state index in [-0.39, 0.29) is 5.91 Å². The Morgan fingerprint density at radius 2 is 1.97 bits per heavy atom. The van der Waals surface area contributed by atoms with E-state index in [1.807, 2.05) is 48.7 Å². The van der Waals surface area contributed by atoms with Gasteiger partial charge in [-0.25, -0.2) is 14.4 Å².